The predicted octanol–water partition coefficient (Wildman–Crippen LogP) is 2.13. The Morgan fingerprint density at radius 1 is 1.13 bits per heavy atom. The number of rotatable bonds is 4. The summed E-state index contributed by atoms with van der Waals surface area (Å²) in [6.07, 6.45) is 3.92. The molecule has 3 aromatic rings. The summed E-state index contributed by atoms with van der Waals surface area (Å²) in [6.45, 7) is 4.56. The lowest BCUT2D eigenvalue weighted by molar-refractivity contribution is 0.472. The second-order valence-electron chi connectivity index (χ2n) is 7.56. The van der Waals surface area contributed by atoms with Crippen molar-refractivity contribution in [3.8, 4) is 22.5 Å². The third-order valence-electron chi connectivity index (χ3n) is 5.28. The number of anilines is 1. The van der Waals surface area contributed by atoms with Crippen LogP contribution in [0.3, 0.4) is 0 Å². The summed E-state index contributed by atoms with van der Waals surface area (Å²) < 4.78 is 27.6. The second-order valence-corrected chi connectivity index (χ2v) is 9.50. The first-order chi connectivity index (χ1) is 14.3. The van der Waals surface area contributed by atoms with Crippen LogP contribution in [0.15, 0.2) is 47.6 Å². The van der Waals surface area contributed by atoms with Gasteiger partial charge in [0.15, 0.2) is 0 Å². The van der Waals surface area contributed by atoms with Crippen molar-refractivity contribution >= 4 is 15.8 Å². The maximum absolute atomic E-state index is 13.1. The first kappa shape index (κ1) is 20.4. The molecule has 1 atom stereocenters. The van der Waals surface area contributed by atoms with Gasteiger partial charge in [0.2, 0.25) is 10.0 Å². The molecule has 4 rings (SSSR count). The van der Waals surface area contributed by atoms with Crippen molar-refractivity contribution in [2.24, 2.45) is 5.73 Å². The molecule has 4 N–H and O–H groups in total. The number of benzene rings is 1. The van der Waals surface area contributed by atoms with Gasteiger partial charge >= 0.3 is 0 Å². The van der Waals surface area contributed by atoms with E-state index in [4.69, 9.17) is 16.5 Å². The molecule has 30 heavy (non-hydrogen) atoms. The highest BCUT2D eigenvalue weighted by Crippen LogP contribution is 2.30. The molecule has 1 unspecified atom stereocenters. The molecule has 1 saturated heterocycles. The molecule has 1 aromatic carbocycles. The van der Waals surface area contributed by atoms with Gasteiger partial charge in [-0.1, -0.05) is 6.07 Å². The third kappa shape index (κ3) is 3.79. The van der Waals surface area contributed by atoms with Gasteiger partial charge in [0.1, 0.15) is 11.5 Å². The smallest absolute Gasteiger partial charge is 0.243 e. The summed E-state index contributed by atoms with van der Waals surface area (Å²) in [5.41, 5.74) is 16.3. The summed E-state index contributed by atoms with van der Waals surface area (Å²) in [7, 11) is -3.62. The summed E-state index contributed by atoms with van der Waals surface area (Å²) >= 11 is 0. The van der Waals surface area contributed by atoms with Crippen LogP contribution in [0.1, 0.15) is 17.7 Å². The van der Waals surface area contributed by atoms with Gasteiger partial charge in [-0.2, -0.15) is 4.31 Å². The largest absolute Gasteiger partial charge is 0.382 e. The van der Waals surface area contributed by atoms with Crippen molar-refractivity contribution in [3.05, 3.63) is 54.0 Å². The Kier molecular flexibility index (Phi) is 5.27. The van der Waals surface area contributed by atoms with Crippen LogP contribution >= 0.6 is 0 Å². The minimum Gasteiger partial charge on any atom is -0.382 e. The molecule has 1 aliphatic heterocycles. The third-order valence-corrected chi connectivity index (χ3v) is 7.14. The van der Waals surface area contributed by atoms with E-state index in [9.17, 15) is 8.42 Å². The molecular formula is C21H24N6O2S. The number of pyridine rings is 1. The van der Waals surface area contributed by atoms with E-state index < -0.39 is 10.0 Å². The minimum absolute atomic E-state index is 0.126. The van der Waals surface area contributed by atoms with Crippen molar-refractivity contribution in [2.45, 2.75) is 31.2 Å². The van der Waals surface area contributed by atoms with Gasteiger partial charge in [0, 0.05) is 42.1 Å². The standard InChI is InChI=1S/C21H24N6O2S/c1-13-3-4-17(30(28,29)27-8-6-16(22)12-27)10-18(13)19-11-25-21(23)20(26-19)15-5-7-24-14(2)9-15/h3-5,7,9-11,16H,6,8,12,22H2,1-2H3,(H2,23,25). The quantitative estimate of drug-likeness (QED) is 0.656. The monoisotopic (exact) mass is 424 g/mol. The number of aromatic nitrogens is 3. The Balaban J connectivity index is 1.78. The van der Waals surface area contributed by atoms with Crippen LogP contribution in [0.5, 0.6) is 0 Å². The highest BCUT2D eigenvalue weighted by molar-refractivity contribution is 7.89. The fraction of sp³-hybridized carbons (Fsp3) is 0.286. The maximum atomic E-state index is 13.1. The van der Waals surface area contributed by atoms with Gasteiger partial charge in [-0.25, -0.2) is 18.4 Å². The van der Waals surface area contributed by atoms with Gasteiger partial charge in [-0.3, -0.25) is 4.98 Å². The maximum Gasteiger partial charge on any atom is 0.243 e. The van der Waals surface area contributed by atoms with Gasteiger partial charge in [-0.05, 0) is 50.1 Å². The van der Waals surface area contributed by atoms with Crippen LogP contribution in [0, 0.1) is 13.8 Å². The number of sulfonamides is 1. The Bertz CT molecular complexity index is 1210. The number of hydrogen-bond acceptors (Lipinski definition) is 7. The Labute approximate surface area is 176 Å². The van der Waals surface area contributed by atoms with Gasteiger partial charge in [0.25, 0.3) is 0 Å². The zero-order valence-electron chi connectivity index (χ0n) is 16.9. The molecule has 0 saturated carbocycles. The molecule has 0 bridgehead atoms. The van der Waals surface area contributed by atoms with E-state index in [0.29, 0.717) is 42.3 Å². The van der Waals surface area contributed by atoms with Crippen LogP contribution in [0.2, 0.25) is 0 Å². The molecular weight excluding hydrogens is 400 g/mol. The number of aryl methyl sites for hydroxylation is 2. The minimum atomic E-state index is -3.62. The van der Waals surface area contributed by atoms with E-state index in [1.165, 1.54) is 4.31 Å². The van der Waals surface area contributed by atoms with Gasteiger partial charge in [-0.15, -0.1) is 0 Å². The molecule has 8 nitrogen and oxygen atoms in total. The van der Waals surface area contributed by atoms with Crippen LogP contribution in [-0.4, -0.2) is 46.8 Å². The lowest BCUT2D eigenvalue weighted by Gasteiger charge is -2.17. The zero-order valence-corrected chi connectivity index (χ0v) is 17.7. The van der Waals surface area contributed by atoms with Crippen LogP contribution in [0.25, 0.3) is 22.5 Å². The number of nitrogen functional groups attached to an aromatic ring is 1. The van der Waals surface area contributed by atoms with E-state index >= 15 is 0 Å². The Morgan fingerprint density at radius 3 is 2.63 bits per heavy atom. The van der Waals surface area contributed by atoms with Crippen LogP contribution < -0.4 is 11.5 Å². The Morgan fingerprint density at radius 2 is 1.93 bits per heavy atom. The topological polar surface area (TPSA) is 128 Å². The number of hydrogen-bond donors (Lipinski definition) is 2. The first-order valence-electron chi connectivity index (χ1n) is 9.68. The predicted molar refractivity (Wildman–Crippen MR) is 116 cm³/mol. The van der Waals surface area contributed by atoms with Crippen molar-refractivity contribution in [3.63, 3.8) is 0 Å². The van der Waals surface area contributed by atoms with Crippen molar-refractivity contribution in [1.29, 1.82) is 0 Å². The molecule has 156 valence electrons. The van der Waals surface area contributed by atoms with Crippen molar-refractivity contribution in [2.75, 3.05) is 18.8 Å². The fourth-order valence-corrected chi connectivity index (χ4v) is 5.13. The van der Waals surface area contributed by atoms with E-state index in [0.717, 1.165) is 16.8 Å². The molecule has 2 aromatic heterocycles. The van der Waals surface area contributed by atoms with Gasteiger partial charge < -0.3 is 11.5 Å². The summed E-state index contributed by atoms with van der Waals surface area (Å²) in [4.78, 5) is 13.4. The molecule has 0 aliphatic carbocycles. The van der Waals surface area contributed by atoms with Gasteiger partial charge in [0.05, 0.1) is 16.8 Å². The molecule has 0 amide bonds. The van der Waals surface area contributed by atoms with E-state index in [-0.39, 0.29) is 10.9 Å². The van der Waals surface area contributed by atoms with E-state index in [1.807, 2.05) is 26.0 Å². The lowest BCUT2D eigenvalue weighted by atomic mass is 10.1. The van der Waals surface area contributed by atoms with E-state index in [1.54, 1.807) is 30.6 Å². The molecule has 0 radical (unpaired) electrons. The summed E-state index contributed by atoms with van der Waals surface area (Å²) in [6, 6.07) is 8.63. The number of nitrogens with two attached hydrogens (primary N) is 2. The fourth-order valence-electron chi connectivity index (χ4n) is 3.59. The molecule has 1 aliphatic rings. The summed E-state index contributed by atoms with van der Waals surface area (Å²) in [5.74, 6) is 0.303. The molecule has 0 spiro atoms. The highest BCUT2D eigenvalue weighted by atomic mass is 32.2. The van der Waals surface area contributed by atoms with Crippen molar-refractivity contribution in [1.82, 2.24) is 19.3 Å². The number of nitrogens with zero attached hydrogens (tertiary/aromatic N) is 4. The zero-order chi connectivity index (χ0) is 21.5. The molecule has 9 heteroatoms. The lowest BCUT2D eigenvalue weighted by Crippen LogP contribution is -2.32. The average Bonchev–Trinajstić information content (AvgIpc) is 3.16. The van der Waals surface area contributed by atoms with Crippen molar-refractivity contribution < 1.29 is 8.42 Å². The van der Waals surface area contributed by atoms with E-state index in [2.05, 4.69) is 9.97 Å². The average molecular weight is 425 g/mol. The molecule has 3 heterocycles. The normalized spacial score (nSPS) is 17.4. The molecule has 1 fully saturated rings. The first-order valence-corrected chi connectivity index (χ1v) is 11.1. The van der Waals surface area contributed by atoms with Crippen LogP contribution in [-0.2, 0) is 10.0 Å². The second kappa shape index (κ2) is 7.75. The summed E-state index contributed by atoms with van der Waals surface area (Å²) in [5, 5.41) is 0. The highest BCUT2D eigenvalue weighted by Gasteiger charge is 2.31. The SMILES string of the molecule is Cc1cc(-c2nc(-c3cc(S(=O)(=O)N4CCC(N)C4)ccc3C)cnc2N)ccn1. The van der Waals surface area contributed by atoms with Crippen LogP contribution in [0.4, 0.5) is 5.82 Å². The Hall–Kier alpha value is -2.88.